The van der Waals surface area contributed by atoms with E-state index in [2.05, 4.69) is 65.8 Å². The molecule has 52 heavy (non-hydrogen) atoms. The number of hydrogen-bond acceptors (Lipinski definition) is 4. The van der Waals surface area contributed by atoms with E-state index in [1.165, 1.54) is 132 Å². The Balaban J connectivity index is 0.000000175. The molecule has 0 radical (unpaired) electrons. The summed E-state index contributed by atoms with van der Waals surface area (Å²) >= 11 is 0. The smallest absolute Gasteiger partial charge is 0.308 e. The molecule has 0 bridgehead atoms. The van der Waals surface area contributed by atoms with Gasteiger partial charge in [0, 0.05) is 13.3 Å². The summed E-state index contributed by atoms with van der Waals surface area (Å²) in [7, 11) is 0. The van der Waals surface area contributed by atoms with Crippen LogP contribution in [-0.4, -0.2) is 18.4 Å². The molecule has 0 unspecified atom stereocenters. The van der Waals surface area contributed by atoms with Gasteiger partial charge in [0.15, 0.2) is 0 Å². The van der Waals surface area contributed by atoms with Crippen LogP contribution in [0.5, 0.6) is 11.5 Å². The van der Waals surface area contributed by atoms with Crippen LogP contribution in [0.3, 0.4) is 0 Å². The summed E-state index contributed by atoms with van der Waals surface area (Å²) < 4.78 is 11.1. The van der Waals surface area contributed by atoms with Gasteiger partial charge >= 0.3 is 5.97 Å². The summed E-state index contributed by atoms with van der Waals surface area (Å²) in [6.07, 6.45) is 22.8. The van der Waals surface area contributed by atoms with Gasteiger partial charge in [-0.3, -0.25) is 4.79 Å². The summed E-state index contributed by atoms with van der Waals surface area (Å²) in [6.45, 7) is 17.6. The Kier molecular flexibility index (Phi) is 17.3. The maximum atomic E-state index is 11.1. The minimum atomic E-state index is -0.260. The zero-order valence-corrected chi connectivity index (χ0v) is 34.4. The summed E-state index contributed by atoms with van der Waals surface area (Å²) in [6, 6.07) is 12.4. The first-order valence-corrected chi connectivity index (χ1v) is 21.3. The second kappa shape index (κ2) is 21.3. The van der Waals surface area contributed by atoms with E-state index in [0.29, 0.717) is 23.4 Å². The second-order valence-corrected chi connectivity index (χ2v) is 18.0. The number of carbonyl (C=O) groups excluding carboxylic acids is 2. The molecule has 0 spiro atoms. The molecule has 4 heteroatoms. The first kappa shape index (κ1) is 42.1. The number of benzene rings is 2. The monoisotopic (exact) mass is 715 g/mol. The Bertz CT molecular complexity index is 1320. The van der Waals surface area contributed by atoms with Crippen molar-refractivity contribution in [2.45, 2.75) is 170 Å². The van der Waals surface area contributed by atoms with Crippen molar-refractivity contribution >= 4 is 11.8 Å². The van der Waals surface area contributed by atoms with Crippen LogP contribution >= 0.6 is 0 Å². The third-order valence-electron chi connectivity index (χ3n) is 13.0. The standard InChI is InChI=1S/C17H26O.C16H28O.C15H20O2/c1-12-5-7-16(8-6-12)11-18-17-14(3)9-13(2)10-15(17)4;1-12-3-7-15(8-4-12)16-9-5-14(6-10-16)11-13(2)17;1-11-3-5-13(6-4-11)14-7-9-15(10-8-14)17-12(2)16/h9-10,12,16H,5-8,11H2,1-4H3;12,14-16H,3-11H2,1-2H3;7-11,13H,3-6H2,1-2H3. The molecular weight excluding hydrogens is 641 g/mol. The van der Waals surface area contributed by atoms with Crippen LogP contribution in [0.4, 0.5) is 0 Å². The van der Waals surface area contributed by atoms with E-state index in [1.807, 2.05) is 12.1 Å². The van der Waals surface area contributed by atoms with Gasteiger partial charge in [-0.15, -0.1) is 0 Å². The minimum Gasteiger partial charge on any atom is -0.493 e. The van der Waals surface area contributed by atoms with Gasteiger partial charge in [0.1, 0.15) is 17.3 Å². The molecular formula is C48H74O4. The quantitative estimate of drug-likeness (QED) is 0.202. The molecule has 4 aliphatic carbocycles. The number of hydrogen-bond donors (Lipinski definition) is 0. The number of rotatable bonds is 8. The van der Waals surface area contributed by atoms with Gasteiger partial charge in [0.2, 0.25) is 0 Å². The van der Waals surface area contributed by atoms with Gasteiger partial charge in [-0.05, 0) is 168 Å². The van der Waals surface area contributed by atoms with Gasteiger partial charge < -0.3 is 14.3 Å². The van der Waals surface area contributed by atoms with Crippen LogP contribution in [0.2, 0.25) is 0 Å². The van der Waals surface area contributed by atoms with Gasteiger partial charge in [0.25, 0.3) is 0 Å². The lowest BCUT2D eigenvalue weighted by atomic mass is 9.69. The lowest BCUT2D eigenvalue weighted by molar-refractivity contribution is -0.131. The molecule has 0 saturated heterocycles. The van der Waals surface area contributed by atoms with Crippen LogP contribution in [-0.2, 0) is 9.59 Å². The highest BCUT2D eigenvalue weighted by Crippen LogP contribution is 2.42. The third kappa shape index (κ3) is 14.3. The van der Waals surface area contributed by atoms with Crippen LogP contribution in [0, 0.1) is 62.2 Å². The fraction of sp³-hybridized carbons (Fsp3) is 0.708. The van der Waals surface area contributed by atoms with E-state index in [9.17, 15) is 9.59 Å². The Hall–Kier alpha value is -2.62. The van der Waals surface area contributed by atoms with Crippen molar-refractivity contribution in [2.75, 3.05) is 6.61 Å². The van der Waals surface area contributed by atoms with Crippen LogP contribution in [0.25, 0.3) is 0 Å². The summed E-state index contributed by atoms with van der Waals surface area (Å²) in [5.41, 5.74) is 5.25. The van der Waals surface area contributed by atoms with E-state index in [0.717, 1.165) is 54.3 Å². The van der Waals surface area contributed by atoms with Crippen molar-refractivity contribution < 1.29 is 19.1 Å². The Labute approximate surface area is 318 Å². The van der Waals surface area contributed by atoms with Gasteiger partial charge in [-0.1, -0.05) is 89.1 Å². The highest BCUT2D eigenvalue weighted by molar-refractivity contribution is 5.75. The van der Waals surface area contributed by atoms with Crippen LogP contribution in [0.15, 0.2) is 36.4 Å². The maximum Gasteiger partial charge on any atom is 0.308 e. The number of esters is 1. The van der Waals surface area contributed by atoms with Crippen molar-refractivity contribution in [3.05, 3.63) is 58.7 Å². The fourth-order valence-corrected chi connectivity index (χ4v) is 9.69. The number of ether oxygens (including phenoxy) is 2. The minimum absolute atomic E-state index is 0.260. The predicted molar refractivity (Wildman–Crippen MR) is 217 cm³/mol. The largest absolute Gasteiger partial charge is 0.493 e. The van der Waals surface area contributed by atoms with Gasteiger partial charge in [-0.25, -0.2) is 0 Å². The number of Topliss-reactive ketones (excluding diaryl/α,β-unsaturated/α-hetero) is 1. The van der Waals surface area contributed by atoms with E-state index < -0.39 is 0 Å². The average molecular weight is 715 g/mol. The lowest BCUT2D eigenvalue weighted by Crippen LogP contribution is -2.25. The molecule has 290 valence electrons. The summed E-state index contributed by atoms with van der Waals surface area (Å²) in [5.74, 6) is 8.84. The summed E-state index contributed by atoms with van der Waals surface area (Å²) in [4.78, 5) is 21.9. The molecule has 4 saturated carbocycles. The van der Waals surface area contributed by atoms with E-state index in [4.69, 9.17) is 9.47 Å². The van der Waals surface area contributed by atoms with Crippen LogP contribution in [0.1, 0.15) is 172 Å². The molecule has 0 N–H and O–H groups in total. The van der Waals surface area contributed by atoms with Crippen molar-refractivity contribution in [1.82, 2.24) is 0 Å². The van der Waals surface area contributed by atoms with E-state index in [1.54, 1.807) is 6.92 Å². The molecule has 4 fully saturated rings. The highest BCUT2D eigenvalue weighted by atomic mass is 16.5. The van der Waals surface area contributed by atoms with Crippen molar-refractivity contribution in [3.63, 3.8) is 0 Å². The number of aryl methyl sites for hydroxylation is 3. The highest BCUT2D eigenvalue weighted by Gasteiger charge is 2.30. The fourth-order valence-electron chi connectivity index (χ4n) is 9.69. The molecule has 0 heterocycles. The Morgan fingerprint density at radius 1 is 0.596 bits per heavy atom. The molecule has 0 aromatic heterocycles. The average Bonchev–Trinajstić information content (AvgIpc) is 3.10. The molecule has 6 rings (SSSR count). The SMILES string of the molecule is CC(=O)CC1CCC(C2CCC(C)CC2)CC1.CC(=O)Oc1ccc(C2CCC(C)CC2)cc1.Cc1cc(C)c(OCC2CCC(C)CC2)c(C)c1. The van der Waals surface area contributed by atoms with Gasteiger partial charge in [0.05, 0.1) is 6.61 Å². The zero-order chi connectivity index (χ0) is 37.6. The number of ketones is 1. The molecule has 2 aromatic carbocycles. The lowest BCUT2D eigenvalue weighted by Gasteiger charge is -2.37. The second-order valence-electron chi connectivity index (χ2n) is 18.0. The van der Waals surface area contributed by atoms with Crippen molar-refractivity contribution in [1.29, 1.82) is 0 Å². The third-order valence-corrected chi connectivity index (χ3v) is 13.0. The maximum absolute atomic E-state index is 11.1. The normalized spacial score (nSPS) is 29.0. The molecule has 4 aliphatic rings. The Morgan fingerprint density at radius 3 is 1.52 bits per heavy atom. The molecule has 0 atom stereocenters. The van der Waals surface area contributed by atoms with Crippen LogP contribution < -0.4 is 9.47 Å². The first-order chi connectivity index (χ1) is 24.9. The zero-order valence-electron chi connectivity index (χ0n) is 34.4. The summed E-state index contributed by atoms with van der Waals surface area (Å²) in [5, 5.41) is 0. The predicted octanol–water partition coefficient (Wildman–Crippen LogP) is 13.3. The first-order valence-electron chi connectivity index (χ1n) is 21.3. The molecule has 4 nitrogen and oxygen atoms in total. The van der Waals surface area contributed by atoms with E-state index >= 15 is 0 Å². The van der Waals surface area contributed by atoms with Crippen molar-refractivity contribution in [3.8, 4) is 11.5 Å². The number of carbonyl (C=O) groups is 2. The van der Waals surface area contributed by atoms with Gasteiger partial charge in [-0.2, -0.15) is 0 Å². The Morgan fingerprint density at radius 2 is 1.04 bits per heavy atom. The molecule has 0 aliphatic heterocycles. The topological polar surface area (TPSA) is 52.6 Å². The van der Waals surface area contributed by atoms with E-state index in [-0.39, 0.29) is 5.97 Å². The molecule has 2 aromatic rings. The molecule has 0 amide bonds. The van der Waals surface area contributed by atoms with Crippen molar-refractivity contribution in [2.24, 2.45) is 41.4 Å².